The normalized spacial score (nSPS) is 23.0. The quantitative estimate of drug-likeness (QED) is 0.381. The molecule has 1 saturated heterocycles. The number of ether oxygens (including phenoxy) is 2. The van der Waals surface area contributed by atoms with Gasteiger partial charge in [-0.1, -0.05) is 0 Å². The third kappa shape index (κ3) is 4.35. The third-order valence-corrected chi connectivity index (χ3v) is 6.12. The second-order valence-electron chi connectivity index (χ2n) is 7.34. The first-order valence-electron chi connectivity index (χ1n) is 9.44. The lowest BCUT2D eigenvalue weighted by Gasteiger charge is -2.36. The number of benzene rings is 1. The van der Waals surface area contributed by atoms with E-state index in [0.717, 1.165) is 25.2 Å². The number of hydrogen-bond acceptors (Lipinski definition) is 6. The summed E-state index contributed by atoms with van der Waals surface area (Å²) in [5.41, 5.74) is -5.33. The Bertz CT molecular complexity index is 1060. The summed E-state index contributed by atoms with van der Waals surface area (Å²) in [7, 11) is 8.15. The predicted octanol–water partition coefficient (Wildman–Crippen LogP) is 3.75. The van der Waals surface area contributed by atoms with Crippen molar-refractivity contribution in [3.63, 3.8) is 0 Å². The Morgan fingerprint density at radius 2 is 1.97 bits per heavy atom. The SMILES string of the molecule is [B]C1(C(=O)Nc2ccnc(SC)c2)CC(OC)(C(F)(F)F)CN1c1ccc(F)c(F)c1OC. The van der Waals surface area contributed by atoms with Crippen LogP contribution < -0.4 is 15.0 Å². The molecule has 2 radical (unpaired) electrons. The van der Waals surface area contributed by atoms with E-state index in [4.69, 9.17) is 17.3 Å². The van der Waals surface area contributed by atoms with Gasteiger partial charge in [0.05, 0.1) is 29.8 Å². The van der Waals surface area contributed by atoms with Crippen molar-refractivity contribution in [2.75, 3.05) is 37.2 Å². The van der Waals surface area contributed by atoms with Gasteiger partial charge in [-0.15, -0.1) is 11.8 Å². The molecule has 1 aromatic carbocycles. The van der Waals surface area contributed by atoms with Gasteiger partial charge < -0.3 is 19.7 Å². The van der Waals surface area contributed by atoms with E-state index in [1.54, 1.807) is 6.26 Å². The highest BCUT2D eigenvalue weighted by atomic mass is 32.2. The molecule has 0 bridgehead atoms. The lowest BCUT2D eigenvalue weighted by atomic mass is 9.71. The number of carbonyl (C=O) groups excluding carboxylic acids is 1. The molecule has 176 valence electrons. The van der Waals surface area contributed by atoms with Crippen LogP contribution in [0.2, 0.25) is 0 Å². The van der Waals surface area contributed by atoms with E-state index >= 15 is 0 Å². The Morgan fingerprint density at radius 1 is 1.27 bits per heavy atom. The molecule has 1 aliphatic rings. The van der Waals surface area contributed by atoms with Crippen LogP contribution >= 0.6 is 11.8 Å². The molecule has 33 heavy (non-hydrogen) atoms. The van der Waals surface area contributed by atoms with Crippen molar-refractivity contribution in [2.45, 2.75) is 28.7 Å². The van der Waals surface area contributed by atoms with E-state index in [9.17, 15) is 26.7 Å². The molecule has 6 nitrogen and oxygen atoms in total. The highest BCUT2D eigenvalue weighted by Crippen LogP contribution is 2.50. The second-order valence-corrected chi connectivity index (χ2v) is 8.16. The summed E-state index contributed by atoms with van der Waals surface area (Å²) in [5, 5.41) is 3.03. The molecular weight excluding hydrogens is 468 g/mol. The van der Waals surface area contributed by atoms with E-state index in [1.165, 1.54) is 30.1 Å². The summed E-state index contributed by atoms with van der Waals surface area (Å²) in [5.74, 6) is -4.42. The number of aromatic nitrogens is 1. The van der Waals surface area contributed by atoms with Crippen molar-refractivity contribution in [1.82, 2.24) is 4.98 Å². The van der Waals surface area contributed by atoms with Crippen LogP contribution in [0.25, 0.3) is 0 Å². The molecule has 2 unspecified atom stereocenters. The molecule has 1 fully saturated rings. The second kappa shape index (κ2) is 9.01. The molecule has 3 rings (SSSR count). The monoisotopic (exact) mass is 487 g/mol. The van der Waals surface area contributed by atoms with Crippen molar-refractivity contribution in [1.29, 1.82) is 0 Å². The average molecular weight is 487 g/mol. The summed E-state index contributed by atoms with van der Waals surface area (Å²) in [6.07, 6.45) is -2.79. The molecule has 1 aliphatic heterocycles. The fourth-order valence-electron chi connectivity index (χ4n) is 3.70. The minimum atomic E-state index is -4.93. The predicted molar refractivity (Wildman–Crippen MR) is 114 cm³/mol. The first-order chi connectivity index (χ1) is 15.4. The number of anilines is 2. The van der Waals surface area contributed by atoms with Gasteiger partial charge in [0.1, 0.15) is 7.85 Å². The largest absolute Gasteiger partial charge is 0.491 e. The van der Waals surface area contributed by atoms with Crippen molar-refractivity contribution < 1.29 is 36.2 Å². The van der Waals surface area contributed by atoms with Crippen LogP contribution in [0, 0.1) is 11.6 Å². The van der Waals surface area contributed by atoms with Crippen LogP contribution in [-0.4, -0.2) is 63.0 Å². The third-order valence-electron chi connectivity index (χ3n) is 5.48. The first-order valence-corrected chi connectivity index (χ1v) is 10.7. The lowest BCUT2D eigenvalue weighted by Crippen LogP contribution is -2.54. The molecule has 1 amide bonds. The van der Waals surface area contributed by atoms with Gasteiger partial charge in [0, 0.05) is 25.4 Å². The number of nitrogens with one attached hydrogen (secondary N) is 1. The fourth-order valence-corrected chi connectivity index (χ4v) is 4.11. The summed E-state index contributed by atoms with van der Waals surface area (Å²) in [6.45, 7) is -0.968. The van der Waals surface area contributed by atoms with Crippen LogP contribution in [0.4, 0.5) is 33.3 Å². The van der Waals surface area contributed by atoms with E-state index in [2.05, 4.69) is 10.3 Å². The number of amides is 1. The molecule has 2 aromatic rings. The Hall–Kier alpha value is -2.54. The van der Waals surface area contributed by atoms with Gasteiger partial charge in [-0.05, 0) is 30.5 Å². The Labute approximate surface area is 192 Å². The highest BCUT2D eigenvalue weighted by Gasteiger charge is 2.66. The van der Waals surface area contributed by atoms with Gasteiger partial charge in [0.2, 0.25) is 11.7 Å². The fraction of sp³-hybridized carbons (Fsp3) is 0.400. The van der Waals surface area contributed by atoms with Crippen molar-refractivity contribution in [3.05, 3.63) is 42.1 Å². The first kappa shape index (κ1) is 25.1. The van der Waals surface area contributed by atoms with Gasteiger partial charge in [-0.2, -0.15) is 17.6 Å². The topological polar surface area (TPSA) is 63.7 Å². The summed E-state index contributed by atoms with van der Waals surface area (Å²) in [6, 6.07) is 4.65. The maximum Gasteiger partial charge on any atom is 0.419 e. The summed E-state index contributed by atoms with van der Waals surface area (Å²) >= 11 is 1.29. The van der Waals surface area contributed by atoms with Crippen LogP contribution in [0.1, 0.15) is 6.42 Å². The van der Waals surface area contributed by atoms with Gasteiger partial charge in [0.25, 0.3) is 0 Å². The van der Waals surface area contributed by atoms with Crippen LogP contribution in [0.15, 0.2) is 35.5 Å². The number of hydrogen-bond donors (Lipinski definition) is 1. The standard InChI is InChI=1S/C20H19BF5N3O3S/c1-31-16-13(5-4-12(22)15(16)23)29-10-18(32-2,20(24,25)26)9-19(29,21)17(30)28-11-6-7-27-14(8-11)33-3/h4-8H,9-10H2,1-3H3,(H,27,28,30). The van der Waals surface area contributed by atoms with Crippen LogP contribution in [-0.2, 0) is 9.53 Å². The van der Waals surface area contributed by atoms with Gasteiger partial charge in [-0.3, -0.25) is 4.79 Å². The van der Waals surface area contributed by atoms with Crippen molar-refractivity contribution >= 4 is 36.9 Å². The number of alkyl halides is 3. The number of rotatable bonds is 6. The number of carbonyl (C=O) groups is 1. The molecular formula is C20H19BF5N3O3S. The van der Waals surface area contributed by atoms with Crippen LogP contribution in [0.3, 0.4) is 0 Å². The van der Waals surface area contributed by atoms with Gasteiger partial charge >= 0.3 is 6.18 Å². The molecule has 0 aliphatic carbocycles. The summed E-state index contributed by atoms with van der Waals surface area (Å²) < 4.78 is 80.0. The minimum Gasteiger partial charge on any atom is -0.491 e. The zero-order valence-corrected chi connectivity index (χ0v) is 18.6. The zero-order valence-electron chi connectivity index (χ0n) is 17.8. The number of thioether (sulfide) groups is 1. The highest BCUT2D eigenvalue weighted by molar-refractivity contribution is 7.98. The van der Waals surface area contributed by atoms with Crippen molar-refractivity contribution in [3.8, 4) is 5.75 Å². The van der Waals surface area contributed by atoms with E-state index in [0.29, 0.717) is 11.1 Å². The zero-order chi connectivity index (χ0) is 24.6. The number of nitrogens with zero attached hydrogens (tertiary/aromatic N) is 2. The minimum absolute atomic E-state index is 0.239. The Balaban J connectivity index is 2.12. The molecule has 2 heterocycles. The maximum atomic E-state index is 14.4. The number of halogens is 5. The van der Waals surface area contributed by atoms with Crippen molar-refractivity contribution in [2.24, 2.45) is 0 Å². The van der Waals surface area contributed by atoms with Crippen LogP contribution in [0.5, 0.6) is 5.75 Å². The number of pyridine rings is 1. The molecule has 0 spiro atoms. The average Bonchev–Trinajstić information content (AvgIpc) is 3.10. The molecule has 13 heteroatoms. The molecule has 0 saturated carbocycles. The molecule has 2 atom stereocenters. The van der Waals surface area contributed by atoms with Gasteiger partial charge in [0.15, 0.2) is 17.2 Å². The smallest absolute Gasteiger partial charge is 0.419 e. The van der Waals surface area contributed by atoms with Gasteiger partial charge in [-0.25, -0.2) is 9.37 Å². The van der Waals surface area contributed by atoms with E-state index in [-0.39, 0.29) is 11.4 Å². The molecule has 1 N–H and O–H groups in total. The lowest BCUT2D eigenvalue weighted by molar-refractivity contribution is -0.261. The Morgan fingerprint density at radius 3 is 2.55 bits per heavy atom. The Kier molecular flexibility index (Phi) is 6.85. The number of methoxy groups -OCH3 is 2. The maximum absolute atomic E-state index is 14.4. The molecule has 1 aromatic heterocycles. The van der Waals surface area contributed by atoms with E-state index < -0.39 is 53.5 Å². The summed E-state index contributed by atoms with van der Waals surface area (Å²) in [4.78, 5) is 18.1. The van der Waals surface area contributed by atoms with E-state index in [1.807, 2.05) is 0 Å².